The molecule has 7 nitrogen and oxygen atoms in total. The lowest BCUT2D eigenvalue weighted by Crippen LogP contribution is -2.54. The Hall–Kier alpha value is -2.41. The molecule has 0 bridgehead atoms. The molecule has 26 heavy (non-hydrogen) atoms. The van der Waals surface area contributed by atoms with E-state index in [9.17, 15) is 9.59 Å². The summed E-state index contributed by atoms with van der Waals surface area (Å²) in [5, 5.41) is 2.88. The van der Waals surface area contributed by atoms with Crippen molar-refractivity contribution in [1.82, 2.24) is 25.1 Å². The molecule has 1 unspecified atom stereocenters. The fourth-order valence-corrected chi connectivity index (χ4v) is 3.80. The molecule has 2 fully saturated rings. The minimum Gasteiger partial charge on any atom is -0.344 e. The van der Waals surface area contributed by atoms with Gasteiger partial charge in [0, 0.05) is 32.6 Å². The fraction of sp³-hybridized carbons (Fsp3) is 0.526. The minimum absolute atomic E-state index is 0.00405. The van der Waals surface area contributed by atoms with Crippen LogP contribution in [-0.4, -0.2) is 63.8 Å². The van der Waals surface area contributed by atoms with Crippen molar-refractivity contribution in [2.75, 3.05) is 26.2 Å². The second kappa shape index (κ2) is 7.45. The van der Waals surface area contributed by atoms with E-state index in [0.717, 1.165) is 55.8 Å². The van der Waals surface area contributed by atoms with Crippen LogP contribution in [0.2, 0.25) is 0 Å². The maximum absolute atomic E-state index is 12.7. The Morgan fingerprint density at radius 3 is 2.77 bits per heavy atom. The number of nitrogens with one attached hydrogen (secondary N) is 2. The van der Waals surface area contributed by atoms with Gasteiger partial charge in [-0.15, -0.1) is 0 Å². The molecule has 2 saturated heterocycles. The van der Waals surface area contributed by atoms with Crippen LogP contribution in [0.25, 0.3) is 11.0 Å². The predicted molar refractivity (Wildman–Crippen MR) is 98.3 cm³/mol. The van der Waals surface area contributed by atoms with E-state index < -0.39 is 0 Å². The van der Waals surface area contributed by atoms with Gasteiger partial charge in [0.2, 0.25) is 11.8 Å². The van der Waals surface area contributed by atoms with Crippen LogP contribution in [-0.2, 0) is 16.1 Å². The number of hydrogen-bond acceptors (Lipinski definition) is 4. The van der Waals surface area contributed by atoms with Gasteiger partial charge in [-0.3, -0.25) is 14.5 Å². The van der Waals surface area contributed by atoms with Gasteiger partial charge >= 0.3 is 0 Å². The standard InChI is InChI=1S/C19H25N5O2/c25-18-8-4-3-7-16(22-18)19(26)24-11-9-23(10-12-24)13-17-20-14-5-1-2-6-15(14)21-17/h1-2,5-6,16H,3-4,7-13H2,(H,20,21)(H,22,25). The number of carbonyl (C=O) groups excluding carboxylic acids is 2. The van der Waals surface area contributed by atoms with E-state index in [1.165, 1.54) is 0 Å². The van der Waals surface area contributed by atoms with E-state index >= 15 is 0 Å². The maximum atomic E-state index is 12.7. The number of amides is 2. The molecule has 3 heterocycles. The zero-order valence-corrected chi connectivity index (χ0v) is 14.9. The van der Waals surface area contributed by atoms with Crippen molar-refractivity contribution in [2.24, 2.45) is 0 Å². The van der Waals surface area contributed by atoms with Crippen LogP contribution >= 0.6 is 0 Å². The summed E-state index contributed by atoms with van der Waals surface area (Å²) in [7, 11) is 0. The number of aromatic nitrogens is 2. The van der Waals surface area contributed by atoms with E-state index in [1.54, 1.807) is 0 Å². The Kier molecular flexibility index (Phi) is 4.88. The highest BCUT2D eigenvalue weighted by atomic mass is 16.2. The molecule has 2 N–H and O–H groups in total. The van der Waals surface area contributed by atoms with E-state index in [4.69, 9.17) is 0 Å². The third-order valence-electron chi connectivity index (χ3n) is 5.28. The Balaban J connectivity index is 1.32. The SMILES string of the molecule is O=C1CCCCC(C(=O)N2CCN(Cc3nc4ccccc4[nH]3)CC2)N1. The average molecular weight is 355 g/mol. The molecule has 2 aliphatic rings. The Labute approximate surface area is 152 Å². The van der Waals surface area contributed by atoms with Crippen LogP contribution in [0.15, 0.2) is 24.3 Å². The Morgan fingerprint density at radius 1 is 1.15 bits per heavy atom. The van der Waals surface area contributed by atoms with Crippen LogP contribution in [0.3, 0.4) is 0 Å². The molecule has 2 aliphatic heterocycles. The van der Waals surface area contributed by atoms with Crippen molar-refractivity contribution in [3.8, 4) is 0 Å². The van der Waals surface area contributed by atoms with Crippen molar-refractivity contribution in [2.45, 2.75) is 38.3 Å². The summed E-state index contributed by atoms with van der Waals surface area (Å²) in [5.74, 6) is 1.04. The molecule has 4 rings (SSSR count). The molecule has 0 radical (unpaired) electrons. The third-order valence-corrected chi connectivity index (χ3v) is 5.28. The molecular formula is C19H25N5O2. The second-order valence-corrected chi connectivity index (χ2v) is 7.17. The number of aromatic amines is 1. The molecule has 0 saturated carbocycles. The van der Waals surface area contributed by atoms with Gasteiger partial charge in [0.25, 0.3) is 0 Å². The lowest BCUT2D eigenvalue weighted by molar-refractivity contribution is -0.137. The number of imidazole rings is 1. The normalized spacial score (nSPS) is 22.2. The zero-order valence-electron chi connectivity index (χ0n) is 14.9. The predicted octanol–water partition coefficient (Wildman–Crippen LogP) is 1.27. The summed E-state index contributed by atoms with van der Waals surface area (Å²) < 4.78 is 0. The van der Waals surface area contributed by atoms with E-state index in [-0.39, 0.29) is 17.9 Å². The summed E-state index contributed by atoms with van der Waals surface area (Å²) in [6.07, 6.45) is 3.10. The van der Waals surface area contributed by atoms with Crippen LogP contribution in [0.5, 0.6) is 0 Å². The van der Waals surface area contributed by atoms with Crippen molar-refractivity contribution in [3.05, 3.63) is 30.1 Å². The highest BCUT2D eigenvalue weighted by Crippen LogP contribution is 2.15. The summed E-state index contributed by atoms with van der Waals surface area (Å²) >= 11 is 0. The summed E-state index contributed by atoms with van der Waals surface area (Å²) in [6, 6.07) is 7.69. The van der Waals surface area contributed by atoms with E-state index in [0.29, 0.717) is 19.5 Å². The Morgan fingerprint density at radius 2 is 1.96 bits per heavy atom. The highest BCUT2D eigenvalue weighted by Gasteiger charge is 2.29. The zero-order chi connectivity index (χ0) is 17.9. The van der Waals surface area contributed by atoms with E-state index in [1.807, 2.05) is 29.2 Å². The van der Waals surface area contributed by atoms with Gasteiger partial charge < -0.3 is 15.2 Å². The van der Waals surface area contributed by atoms with Crippen molar-refractivity contribution < 1.29 is 9.59 Å². The van der Waals surface area contributed by atoms with Gasteiger partial charge in [-0.1, -0.05) is 18.6 Å². The number of H-pyrrole nitrogens is 1. The van der Waals surface area contributed by atoms with Gasteiger partial charge in [0.15, 0.2) is 0 Å². The summed E-state index contributed by atoms with van der Waals surface area (Å²) in [6.45, 7) is 3.81. The molecule has 2 amide bonds. The molecule has 2 aromatic rings. The number of nitrogens with zero attached hydrogens (tertiary/aromatic N) is 3. The van der Waals surface area contributed by atoms with Gasteiger partial charge in [-0.2, -0.15) is 0 Å². The molecule has 1 aromatic heterocycles. The summed E-state index contributed by atoms with van der Waals surface area (Å²) in [4.78, 5) is 36.6. The number of piperazine rings is 1. The smallest absolute Gasteiger partial charge is 0.245 e. The lowest BCUT2D eigenvalue weighted by Gasteiger charge is -2.36. The largest absolute Gasteiger partial charge is 0.344 e. The molecule has 1 aromatic carbocycles. The van der Waals surface area contributed by atoms with Crippen molar-refractivity contribution in [3.63, 3.8) is 0 Å². The van der Waals surface area contributed by atoms with Crippen LogP contribution in [0, 0.1) is 0 Å². The molecule has 0 spiro atoms. The first-order chi connectivity index (χ1) is 12.7. The molecule has 0 aliphatic carbocycles. The monoisotopic (exact) mass is 355 g/mol. The number of fused-ring (bicyclic) bond motifs is 1. The van der Waals surface area contributed by atoms with Gasteiger partial charge in [-0.05, 0) is 25.0 Å². The number of rotatable bonds is 3. The van der Waals surface area contributed by atoms with Gasteiger partial charge in [0.05, 0.1) is 17.6 Å². The lowest BCUT2D eigenvalue weighted by atomic mass is 10.1. The fourth-order valence-electron chi connectivity index (χ4n) is 3.80. The number of hydrogen-bond donors (Lipinski definition) is 2. The first kappa shape index (κ1) is 17.0. The van der Waals surface area contributed by atoms with Gasteiger partial charge in [0.1, 0.15) is 11.9 Å². The van der Waals surface area contributed by atoms with Crippen molar-refractivity contribution >= 4 is 22.8 Å². The first-order valence-electron chi connectivity index (χ1n) is 9.43. The second-order valence-electron chi connectivity index (χ2n) is 7.17. The van der Waals surface area contributed by atoms with Gasteiger partial charge in [-0.25, -0.2) is 4.98 Å². The highest BCUT2D eigenvalue weighted by molar-refractivity contribution is 5.88. The topological polar surface area (TPSA) is 81.3 Å². The van der Waals surface area contributed by atoms with E-state index in [2.05, 4.69) is 20.2 Å². The van der Waals surface area contributed by atoms with Crippen molar-refractivity contribution in [1.29, 1.82) is 0 Å². The van der Waals surface area contributed by atoms with Crippen LogP contribution in [0.4, 0.5) is 0 Å². The molecular weight excluding hydrogens is 330 g/mol. The van der Waals surface area contributed by atoms with Crippen LogP contribution < -0.4 is 5.32 Å². The first-order valence-corrected chi connectivity index (χ1v) is 9.43. The summed E-state index contributed by atoms with van der Waals surface area (Å²) in [5.41, 5.74) is 2.04. The van der Waals surface area contributed by atoms with Crippen LogP contribution in [0.1, 0.15) is 31.5 Å². The molecule has 7 heteroatoms. The maximum Gasteiger partial charge on any atom is 0.245 e. The molecule has 138 valence electrons. The number of para-hydroxylation sites is 2. The minimum atomic E-state index is -0.341. The number of benzene rings is 1. The molecule has 1 atom stereocenters. The third kappa shape index (κ3) is 3.72. The quantitative estimate of drug-likeness (QED) is 0.869. The average Bonchev–Trinajstić information content (AvgIpc) is 2.93. The number of carbonyl (C=O) groups is 2. The Bertz CT molecular complexity index is 761.